The molecule has 0 saturated carbocycles. The molecule has 2 aromatic carbocycles. The van der Waals surface area contributed by atoms with Crippen molar-refractivity contribution in [3.05, 3.63) is 64.7 Å². The second kappa shape index (κ2) is 9.74. The van der Waals surface area contributed by atoms with Gasteiger partial charge in [0.15, 0.2) is 0 Å². The molecule has 7 heteroatoms. The molecular weight excluding hydrogens is 394 g/mol. The molecule has 0 aromatic heterocycles. The molecular formula is C21H28ClN3O2S. The van der Waals surface area contributed by atoms with Crippen LogP contribution in [0, 0.1) is 0 Å². The van der Waals surface area contributed by atoms with Gasteiger partial charge in [0.25, 0.3) is 0 Å². The van der Waals surface area contributed by atoms with Crippen molar-refractivity contribution in [3.8, 4) is 0 Å². The van der Waals surface area contributed by atoms with Gasteiger partial charge in [-0.3, -0.25) is 9.62 Å². The van der Waals surface area contributed by atoms with Gasteiger partial charge in [0.2, 0.25) is 10.0 Å². The number of rotatable bonds is 8. The Morgan fingerprint density at radius 1 is 1.14 bits per heavy atom. The SMILES string of the molecule is CCN1CCNCC1c1ccc(NS(=O)(=O)CCCc2ccc(Cl)cc2)cc1. The van der Waals surface area contributed by atoms with E-state index in [-0.39, 0.29) is 5.75 Å². The molecule has 28 heavy (non-hydrogen) atoms. The van der Waals surface area contributed by atoms with Crippen LogP contribution in [0.4, 0.5) is 5.69 Å². The maximum Gasteiger partial charge on any atom is 0.232 e. The number of anilines is 1. The summed E-state index contributed by atoms with van der Waals surface area (Å²) in [6.07, 6.45) is 1.27. The minimum absolute atomic E-state index is 0.0908. The predicted octanol–water partition coefficient (Wildman–Crippen LogP) is 3.68. The lowest BCUT2D eigenvalue weighted by molar-refractivity contribution is 0.171. The number of nitrogens with zero attached hydrogens (tertiary/aromatic N) is 1. The number of hydrogen-bond donors (Lipinski definition) is 2. The van der Waals surface area contributed by atoms with Gasteiger partial charge in [-0.15, -0.1) is 0 Å². The molecule has 0 radical (unpaired) electrons. The van der Waals surface area contributed by atoms with E-state index in [1.165, 1.54) is 5.56 Å². The topological polar surface area (TPSA) is 61.4 Å². The highest BCUT2D eigenvalue weighted by Crippen LogP contribution is 2.24. The van der Waals surface area contributed by atoms with Gasteiger partial charge >= 0.3 is 0 Å². The van der Waals surface area contributed by atoms with Crippen LogP contribution in [-0.2, 0) is 16.4 Å². The molecule has 1 atom stereocenters. The number of piperazine rings is 1. The first-order valence-corrected chi connectivity index (χ1v) is 11.8. The van der Waals surface area contributed by atoms with E-state index in [9.17, 15) is 8.42 Å². The smallest absolute Gasteiger partial charge is 0.232 e. The van der Waals surface area contributed by atoms with E-state index in [2.05, 4.69) is 21.9 Å². The minimum Gasteiger partial charge on any atom is -0.314 e. The van der Waals surface area contributed by atoms with Crippen LogP contribution in [0.25, 0.3) is 0 Å². The molecule has 1 fully saturated rings. The summed E-state index contributed by atoms with van der Waals surface area (Å²) in [6.45, 7) is 6.14. The maximum absolute atomic E-state index is 12.4. The Morgan fingerprint density at radius 3 is 2.54 bits per heavy atom. The number of hydrogen-bond acceptors (Lipinski definition) is 4. The average Bonchev–Trinajstić information content (AvgIpc) is 2.70. The van der Waals surface area contributed by atoms with Gasteiger partial charge in [-0.25, -0.2) is 8.42 Å². The largest absolute Gasteiger partial charge is 0.314 e. The molecule has 0 spiro atoms. The summed E-state index contributed by atoms with van der Waals surface area (Å²) in [7, 11) is -3.36. The summed E-state index contributed by atoms with van der Waals surface area (Å²) in [5.74, 6) is 0.0908. The van der Waals surface area contributed by atoms with E-state index in [0.29, 0.717) is 29.6 Å². The van der Waals surface area contributed by atoms with Crippen molar-refractivity contribution in [1.29, 1.82) is 0 Å². The Morgan fingerprint density at radius 2 is 1.86 bits per heavy atom. The molecule has 1 heterocycles. The molecule has 0 amide bonds. The molecule has 2 aromatic rings. The molecule has 2 N–H and O–H groups in total. The van der Waals surface area contributed by atoms with Gasteiger partial charge in [-0.1, -0.05) is 42.8 Å². The molecule has 152 valence electrons. The molecule has 3 rings (SSSR count). The Balaban J connectivity index is 1.54. The van der Waals surface area contributed by atoms with E-state index >= 15 is 0 Å². The highest BCUT2D eigenvalue weighted by Gasteiger charge is 2.22. The van der Waals surface area contributed by atoms with E-state index in [4.69, 9.17) is 11.6 Å². The first kappa shape index (κ1) is 21.1. The quantitative estimate of drug-likeness (QED) is 0.682. The van der Waals surface area contributed by atoms with Gasteiger partial charge in [-0.2, -0.15) is 0 Å². The van der Waals surface area contributed by atoms with Gasteiger partial charge in [0.05, 0.1) is 5.75 Å². The fourth-order valence-corrected chi connectivity index (χ4v) is 4.82. The summed E-state index contributed by atoms with van der Waals surface area (Å²) in [6, 6.07) is 15.6. The average molecular weight is 422 g/mol. The van der Waals surface area contributed by atoms with Gasteiger partial charge in [0, 0.05) is 36.4 Å². The number of benzene rings is 2. The third kappa shape index (κ3) is 5.95. The second-order valence-electron chi connectivity index (χ2n) is 7.12. The second-order valence-corrected chi connectivity index (χ2v) is 9.40. The predicted molar refractivity (Wildman–Crippen MR) is 116 cm³/mol. The fourth-order valence-electron chi connectivity index (χ4n) is 3.57. The molecule has 1 aliphatic rings. The third-order valence-corrected chi connectivity index (χ3v) is 6.75. The van der Waals surface area contributed by atoms with Gasteiger partial charge < -0.3 is 5.32 Å². The van der Waals surface area contributed by atoms with Crippen LogP contribution >= 0.6 is 11.6 Å². The lowest BCUT2D eigenvalue weighted by atomic mass is 10.0. The van der Waals surface area contributed by atoms with Crippen molar-refractivity contribution in [1.82, 2.24) is 10.2 Å². The lowest BCUT2D eigenvalue weighted by Gasteiger charge is -2.35. The van der Waals surface area contributed by atoms with E-state index in [1.54, 1.807) is 0 Å². The highest BCUT2D eigenvalue weighted by molar-refractivity contribution is 7.92. The fraction of sp³-hybridized carbons (Fsp3) is 0.429. The number of halogens is 1. The monoisotopic (exact) mass is 421 g/mol. The summed E-state index contributed by atoms with van der Waals surface area (Å²) in [5.41, 5.74) is 2.91. The number of likely N-dealkylation sites (N-methyl/N-ethyl adjacent to an activating group) is 1. The Bertz CT molecular complexity index is 854. The number of sulfonamides is 1. The van der Waals surface area contributed by atoms with Crippen molar-refractivity contribution in [2.24, 2.45) is 0 Å². The zero-order valence-electron chi connectivity index (χ0n) is 16.2. The zero-order valence-corrected chi connectivity index (χ0v) is 17.8. The van der Waals surface area contributed by atoms with Crippen molar-refractivity contribution >= 4 is 27.3 Å². The summed E-state index contributed by atoms with van der Waals surface area (Å²) in [5, 5.41) is 4.12. The van der Waals surface area contributed by atoms with Crippen LogP contribution in [0.3, 0.4) is 0 Å². The molecule has 5 nitrogen and oxygen atoms in total. The Kier molecular flexibility index (Phi) is 7.35. The third-order valence-electron chi connectivity index (χ3n) is 5.12. The summed E-state index contributed by atoms with van der Waals surface area (Å²) >= 11 is 5.87. The highest BCUT2D eigenvalue weighted by atomic mass is 35.5. The standard InChI is InChI=1S/C21H28ClN3O2S/c1-2-25-14-13-23-16-21(25)18-7-11-20(12-8-18)24-28(26,27)15-3-4-17-5-9-19(22)10-6-17/h5-12,21,23-24H,2-4,13-16H2,1H3. The molecule has 1 aliphatic heterocycles. The Hall–Kier alpha value is -1.60. The van der Waals surface area contributed by atoms with E-state index in [1.807, 2.05) is 48.5 Å². The first-order chi connectivity index (χ1) is 13.5. The molecule has 0 aliphatic carbocycles. The van der Waals surface area contributed by atoms with Crippen LogP contribution < -0.4 is 10.0 Å². The zero-order chi connectivity index (χ0) is 20.0. The van der Waals surface area contributed by atoms with Crippen molar-refractivity contribution in [2.75, 3.05) is 36.7 Å². The van der Waals surface area contributed by atoms with Crippen molar-refractivity contribution < 1.29 is 8.42 Å². The van der Waals surface area contributed by atoms with Crippen LogP contribution in [0.1, 0.15) is 30.5 Å². The molecule has 1 saturated heterocycles. The number of aryl methyl sites for hydroxylation is 1. The summed E-state index contributed by atoms with van der Waals surface area (Å²) in [4.78, 5) is 2.44. The van der Waals surface area contributed by atoms with Gasteiger partial charge in [0.1, 0.15) is 0 Å². The summed E-state index contributed by atoms with van der Waals surface area (Å²) < 4.78 is 27.4. The van der Waals surface area contributed by atoms with Gasteiger partial charge in [-0.05, 0) is 54.8 Å². The van der Waals surface area contributed by atoms with Crippen LogP contribution in [-0.4, -0.2) is 45.2 Å². The molecule has 1 unspecified atom stereocenters. The lowest BCUT2D eigenvalue weighted by Crippen LogP contribution is -2.45. The van der Waals surface area contributed by atoms with Crippen LogP contribution in [0.2, 0.25) is 5.02 Å². The Labute approximate surface area is 173 Å². The van der Waals surface area contributed by atoms with Crippen LogP contribution in [0.15, 0.2) is 48.5 Å². The van der Waals surface area contributed by atoms with Crippen LogP contribution in [0.5, 0.6) is 0 Å². The van der Waals surface area contributed by atoms with E-state index in [0.717, 1.165) is 31.7 Å². The first-order valence-electron chi connectivity index (χ1n) is 9.76. The van der Waals surface area contributed by atoms with Crippen molar-refractivity contribution in [3.63, 3.8) is 0 Å². The maximum atomic E-state index is 12.4. The number of nitrogens with one attached hydrogen (secondary N) is 2. The normalized spacial score (nSPS) is 18.1. The van der Waals surface area contributed by atoms with Crippen molar-refractivity contribution in [2.45, 2.75) is 25.8 Å². The molecule has 0 bridgehead atoms. The minimum atomic E-state index is -3.36. The van der Waals surface area contributed by atoms with E-state index < -0.39 is 10.0 Å².